The fourth-order valence-electron chi connectivity index (χ4n) is 4.10. The predicted octanol–water partition coefficient (Wildman–Crippen LogP) is 3.78. The average molecular weight is 293 g/mol. The maximum Gasteiger partial charge on any atom is 0.407 e. The second-order valence-corrected chi connectivity index (χ2v) is 6.00. The minimum atomic E-state index is -0.310. The summed E-state index contributed by atoms with van der Waals surface area (Å²) in [5.41, 5.74) is 5.51. The van der Waals surface area contributed by atoms with Crippen molar-refractivity contribution in [2.45, 2.75) is 31.2 Å². The number of ether oxygens (including phenoxy) is 1. The Bertz CT molecular complexity index is 677. The minimum absolute atomic E-state index is 0.105. The normalized spacial score (nSPS) is 24.3. The summed E-state index contributed by atoms with van der Waals surface area (Å²) in [7, 11) is 0. The van der Waals surface area contributed by atoms with Crippen LogP contribution < -0.4 is 5.32 Å². The fraction of sp³-hybridized carbons (Fsp3) is 0.316. The van der Waals surface area contributed by atoms with Crippen molar-refractivity contribution in [3.8, 4) is 0 Å². The first kappa shape index (κ1) is 13.4. The third kappa shape index (κ3) is 1.92. The van der Waals surface area contributed by atoms with Gasteiger partial charge in [-0.3, -0.25) is 0 Å². The SMILES string of the molecule is CCOC(=O)N[C@H]1CC2c3ccccc3C1c1ccccc12. The summed E-state index contributed by atoms with van der Waals surface area (Å²) in [6, 6.07) is 17.3. The van der Waals surface area contributed by atoms with Gasteiger partial charge in [0, 0.05) is 17.9 Å². The number of amides is 1. The first-order valence-electron chi connectivity index (χ1n) is 7.90. The Hall–Kier alpha value is -2.29. The van der Waals surface area contributed by atoms with Gasteiger partial charge in [0.15, 0.2) is 0 Å². The lowest BCUT2D eigenvalue weighted by molar-refractivity contribution is 0.144. The third-order valence-electron chi connectivity index (χ3n) is 4.88. The maximum atomic E-state index is 11.9. The van der Waals surface area contributed by atoms with E-state index in [0.29, 0.717) is 12.5 Å². The van der Waals surface area contributed by atoms with E-state index in [1.54, 1.807) is 0 Å². The van der Waals surface area contributed by atoms with Gasteiger partial charge in [-0.1, -0.05) is 48.5 Å². The van der Waals surface area contributed by atoms with Crippen LogP contribution in [0.1, 0.15) is 47.4 Å². The van der Waals surface area contributed by atoms with E-state index in [4.69, 9.17) is 4.74 Å². The zero-order valence-corrected chi connectivity index (χ0v) is 12.6. The average Bonchev–Trinajstić information content (AvgIpc) is 2.55. The molecule has 3 aliphatic carbocycles. The molecule has 0 saturated heterocycles. The van der Waals surface area contributed by atoms with E-state index in [9.17, 15) is 4.79 Å². The molecule has 0 fully saturated rings. The van der Waals surface area contributed by atoms with Gasteiger partial charge in [-0.15, -0.1) is 0 Å². The zero-order chi connectivity index (χ0) is 15.1. The maximum absolute atomic E-state index is 11.9. The molecule has 3 heteroatoms. The van der Waals surface area contributed by atoms with Crippen LogP contribution >= 0.6 is 0 Å². The molecule has 1 atom stereocenters. The van der Waals surface area contributed by atoms with Crippen molar-refractivity contribution in [2.75, 3.05) is 6.61 Å². The summed E-state index contributed by atoms with van der Waals surface area (Å²) in [5.74, 6) is 0.589. The van der Waals surface area contributed by atoms with Gasteiger partial charge in [-0.05, 0) is 35.6 Å². The molecule has 1 amide bonds. The first-order valence-corrected chi connectivity index (χ1v) is 7.90. The van der Waals surface area contributed by atoms with Crippen LogP contribution in [0.2, 0.25) is 0 Å². The van der Waals surface area contributed by atoms with Crippen molar-refractivity contribution in [3.05, 3.63) is 70.8 Å². The van der Waals surface area contributed by atoms with Crippen molar-refractivity contribution < 1.29 is 9.53 Å². The van der Waals surface area contributed by atoms with E-state index in [0.717, 1.165) is 6.42 Å². The number of fused-ring (bicyclic) bond motifs is 1. The molecular weight excluding hydrogens is 274 g/mol. The Morgan fingerprint density at radius 1 is 1.05 bits per heavy atom. The standard InChI is InChI=1S/C19H19NO2/c1-2-22-19(21)20-17-11-16-12-7-3-5-9-14(12)18(17)15-10-6-4-8-13(15)16/h3-10,16-18H,2,11H2,1H3,(H,20,21)/t16?,17-,18?/m0/s1. The van der Waals surface area contributed by atoms with Crippen molar-refractivity contribution in [3.63, 3.8) is 0 Å². The molecule has 0 spiro atoms. The Morgan fingerprint density at radius 2 is 1.59 bits per heavy atom. The van der Waals surface area contributed by atoms with Crippen LogP contribution in [0, 0.1) is 0 Å². The number of benzene rings is 2. The van der Waals surface area contributed by atoms with Crippen LogP contribution in [-0.4, -0.2) is 18.7 Å². The largest absolute Gasteiger partial charge is 0.450 e. The molecule has 3 aliphatic rings. The third-order valence-corrected chi connectivity index (χ3v) is 4.88. The second-order valence-electron chi connectivity index (χ2n) is 6.00. The number of nitrogens with one attached hydrogen (secondary N) is 1. The number of hydrogen-bond acceptors (Lipinski definition) is 2. The van der Waals surface area contributed by atoms with Crippen molar-refractivity contribution >= 4 is 6.09 Å². The Balaban J connectivity index is 1.77. The number of carbonyl (C=O) groups is 1. The number of rotatable bonds is 2. The van der Waals surface area contributed by atoms with Crippen molar-refractivity contribution in [1.82, 2.24) is 5.32 Å². The molecule has 0 heterocycles. The highest BCUT2D eigenvalue weighted by atomic mass is 16.5. The Morgan fingerprint density at radius 3 is 2.14 bits per heavy atom. The zero-order valence-electron chi connectivity index (χ0n) is 12.6. The molecule has 5 rings (SSSR count). The lowest BCUT2D eigenvalue weighted by Crippen LogP contribution is -2.46. The van der Waals surface area contributed by atoms with Gasteiger partial charge < -0.3 is 10.1 Å². The van der Waals surface area contributed by atoms with E-state index < -0.39 is 0 Å². The van der Waals surface area contributed by atoms with Gasteiger partial charge in [-0.2, -0.15) is 0 Å². The van der Waals surface area contributed by atoms with E-state index in [2.05, 4.69) is 53.8 Å². The van der Waals surface area contributed by atoms with Crippen LogP contribution in [0.25, 0.3) is 0 Å². The molecule has 0 aliphatic heterocycles. The smallest absolute Gasteiger partial charge is 0.407 e. The predicted molar refractivity (Wildman–Crippen MR) is 85.1 cm³/mol. The molecular formula is C19H19NO2. The van der Waals surface area contributed by atoms with Gasteiger partial charge in [0.25, 0.3) is 0 Å². The van der Waals surface area contributed by atoms with Gasteiger partial charge in [0.05, 0.1) is 6.61 Å². The summed E-state index contributed by atoms with van der Waals surface area (Å²) < 4.78 is 5.08. The monoisotopic (exact) mass is 293 g/mol. The second kappa shape index (κ2) is 5.16. The highest BCUT2D eigenvalue weighted by Crippen LogP contribution is 2.52. The molecule has 0 unspecified atom stereocenters. The van der Waals surface area contributed by atoms with Gasteiger partial charge in [0.1, 0.15) is 0 Å². The highest BCUT2D eigenvalue weighted by molar-refractivity contribution is 5.69. The van der Waals surface area contributed by atoms with E-state index in [1.807, 2.05) is 6.92 Å². The molecule has 112 valence electrons. The molecule has 2 aromatic carbocycles. The molecule has 1 N–H and O–H groups in total. The molecule has 0 radical (unpaired) electrons. The summed E-state index contributed by atoms with van der Waals surface area (Å²) in [5, 5.41) is 3.07. The molecule has 0 aromatic heterocycles. The lowest BCUT2D eigenvalue weighted by atomic mass is 9.61. The number of carbonyl (C=O) groups excluding carboxylic acids is 1. The molecule has 22 heavy (non-hydrogen) atoms. The first-order chi connectivity index (χ1) is 10.8. The Kier molecular flexibility index (Phi) is 3.14. The van der Waals surface area contributed by atoms with Crippen LogP contribution in [0.3, 0.4) is 0 Å². The van der Waals surface area contributed by atoms with Crippen molar-refractivity contribution in [1.29, 1.82) is 0 Å². The van der Waals surface area contributed by atoms with Gasteiger partial charge in [-0.25, -0.2) is 4.79 Å². The minimum Gasteiger partial charge on any atom is -0.450 e. The highest BCUT2D eigenvalue weighted by Gasteiger charge is 2.43. The summed E-state index contributed by atoms with van der Waals surface area (Å²) in [4.78, 5) is 11.9. The molecule has 2 aromatic rings. The van der Waals surface area contributed by atoms with Crippen LogP contribution in [0.5, 0.6) is 0 Å². The quantitative estimate of drug-likeness (QED) is 0.915. The summed E-state index contributed by atoms with van der Waals surface area (Å²) in [6.45, 7) is 2.23. The summed E-state index contributed by atoms with van der Waals surface area (Å²) >= 11 is 0. The molecule has 3 nitrogen and oxygen atoms in total. The number of alkyl carbamates (subject to hydrolysis) is 1. The van der Waals surface area contributed by atoms with Gasteiger partial charge in [0.2, 0.25) is 0 Å². The molecule has 2 bridgehead atoms. The fourth-order valence-corrected chi connectivity index (χ4v) is 4.10. The summed E-state index contributed by atoms with van der Waals surface area (Å²) in [6.07, 6.45) is 0.632. The van der Waals surface area contributed by atoms with E-state index in [-0.39, 0.29) is 18.1 Å². The van der Waals surface area contributed by atoms with Crippen LogP contribution in [-0.2, 0) is 4.74 Å². The molecule has 0 saturated carbocycles. The topological polar surface area (TPSA) is 38.3 Å². The number of hydrogen-bond donors (Lipinski definition) is 1. The lowest BCUT2D eigenvalue weighted by Gasteiger charge is -2.45. The van der Waals surface area contributed by atoms with Gasteiger partial charge >= 0.3 is 6.09 Å². The van der Waals surface area contributed by atoms with E-state index in [1.165, 1.54) is 22.3 Å². The van der Waals surface area contributed by atoms with Crippen molar-refractivity contribution in [2.24, 2.45) is 0 Å². The Labute approximate surface area is 130 Å². The van der Waals surface area contributed by atoms with E-state index >= 15 is 0 Å². The van der Waals surface area contributed by atoms with Crippen LogP contribution in [0.15, 0.2) is 48.5 Å². The van der Waals surface area contributed by atoms with Crippen LogP contribution in [0.4, 0.5) is 4.79 Å².